The van der Waals surface area contributed by atoms with Crippen LogP contribution in [0.5, 0.6) is 0 Å². The minimum absolute atomic E-state index is 0.175. The van der Waals surface area contributed by atoms with Gasteiger partial charge in [-0.15, -0.1) is 0 Å². The molecule has 6 heteroatoms. The fraction of sp³-hybridized carbons (Fsp3) is 0.250. The van der Waals surface area contributed by atoms with E-state index in [-0.39, 0.29) is 11.7 Å². The van der Waals surface area contributed by atoms with Crippen molar-refractivity contribution in [3.63, 3.8) is 0 Å². The van der Waals surface area contributed by atoms with Crippen LogP contribution >= 0.6 is 0 Å². The molecule has 0 fully saturated rings. The van der Waals surface area contributed by atoms with Crippen molar-refractivity contribution in [2.75, 3.05) is 0 Å². The highest BCUT2D eigenvalue weighted by molar-refractivity contribution is 5.54. The Kier molecular flexibility index (Phi) is 3.33. The van der Waals surface area contributed by atoms with Gasteiger partial charge in [-0.1, -0.05) is 5.16 Å². The van der Waals surface area contributed by atoms with Gasteiger partial charge in [0.2, 0.25) is 11.7 Å². The van der Waals surface area contributed by atoms with Crippen molar-refractivity contribution >= 4 is 0 Å². The molecule has 2 aromatic rings. The van der Waals surface area contributed by atoms with Crippen molar-refractivity contribution in [1.82, 2.24) is 10.1 Å². The topological polar surface area (TPSA) is 62.7 Å². The number of aromatic nitrogens is 2. The first-order valence-corrected chi connectivity index (χ1v) is 5.27. The summed E-state index contributed by atoms with van der Waals surface area (Å²) in [7, 11) is 0. The summed E-state index contributed by atoms with van der Waals surface area (Å²) >= 11 is 0. The highest BCUT2D eigenvalue weighted by Gasteiger charge is 2.13. The van der Waals surface area contributed by atoms with E-state index in [0.717, 1.165) is 12.1 Å². The van der Waals surface area contributed by atoms with Crippen LogP contribution in [0.1, 0.15) is 12.8 Å². The third-order valence-corrected chi connectivity index (χ3v) is 2.35. The van der Waals surface area contributed by atoms with E-state index < -0.39 is 11.6 Å². The molecule has 1 atom stereocenters. The Morgan fingerprint density at radius 1 is 1.39 bits per heavy atom. The molecule has 0 aliphatic heterocycles. The molecule has 0 saturated heterocycles. The molecule has 0 aliphatic carbocycles. The molecule has 0 N–H and O–H groups in total. The maximum absolute atomic E-state index is 13.0. The van der Waals surface area contributed by atoms with E-state index in [1.165, 1.54) is 6.07 Å². The van der Waals surface area contributed by atoms with E-state index in [0.29, 0.717) is 17.9 Å². The molecule has 0 aliphatic rings. The van der Waals surface area contributed by atoms with E-state index in [1.54, 1.807) is 6.92 Å². The molecule has 0 amide bonds. The number of rotatable bonds is 3. The largest absolute Gasteiger partial charge is 0.339 e. The molecule has 1 aromatic heterocycles. The first kappa shape index (κ1) is 12.2. The standard InChI is InChI=1S/C12H9F2N3O/c1-7(6-15)4-11-16-12(17-18-11)8-2-3-9(13)10(14)5-8/h2-3,5,7H,4H2,1H3. The molecule has 0 saturated carbocycles. The molecule has 0 bridgehead atoms. The van der Waals surface area contributed by atoms with Crippen molar-refractivity contribution in [2.45, 2.75) is 13.3 Å². The smallest absolute Gasteiger partial charge is 0.228 e. The lowest BCUT2D eigenvalue weighted by Crippen LogP contribution is -1.96. The lowest BCUT2D eigenvalue weighted by Gasteiger charge is -1.96. The molecular formula is C12H9F2N3O. The van der Waals surface area contributed by atoms with Gasteiger partial charge in [0.05, 0.1) is 12.0 Å². The van der Waals surface area contributed by atoms with Crippen LogP contribution in [0.2, 0.25) is 0 Å². The van der Waals surface area contributed by atoms with Crippen molar-refractivity contribution < 1.29 is 13.3 Å². The van der Waals surface area contributed by atoms with E-state index in [1.807, 2.05) is 6.07 Å². The van der Waals surface area contributed by atoms with Crippen molar-refractivity contribution in [3.8, 4) is 17.5 Å². The zero-order chi connectivity index (χ0) is 13.1. The fourth-order valence-electron chi connectivity index (χ4n) is 1.40. The molecule has 4 nitrogen and oxygen atoms in total. The average Bonchev–Trinajstić information content (AvgIpc) is 2.81. The summed E-state index contributed by atoms with van der Waals surface area (Å²) in [5.41, 5.74) is 0.327. The van der Waals surface area contributed by atoms with Crippen molar-refractivity contribution in [2.24, 2.45) is 5.92 Å². The highest BCUT2D eigenvalue weighted by Crippen LogP contribution is 2.19. The van der Waals surface area contributed by atoms with Crippen LogP contribution in [0.15, 0.2) is 22.7 Å². The second-order valence-corrected chi connectivity index (χ2v) is 3.87. The normalized spacial score (nSPS) is 12.1. The third kappa shape index (κ3) is 2.51. The van der Waals surface area contributed by atoms with E-state index in [4.69, 9.17) is 9.78 Å². The van der Waals surface area contributed by atoms with Gasteiger partial charge in [-0.2, -0.15) is 10.2 Å². The predicted molar refractivity (Wildman–Crippen MR) is 58.1 cm³/mol. The minimum Gasteiger partial charge on any atom is -0.339 e. The number of benzene rings is 1. The van der Waals surface area contributed by atoms with Gasteiger partial charge in [0.15, 0.2) is 11.6 Å². The zero-order valence-corrected chi connectivity index (χ0v) is 9.52. The molecule has 92 valence electrons. The Balaban J connectivity index is 2.24. The summed E-state index contributed by atoms with van der Waals surface area (Å²) in [6, 6.07) is 5.40. The summed E-state index contributed by atoms with van der Waals surface area (Å²) < 4.78 is 30.7. The van der Waals surface area contributed by atoms with Gasteiger partial charge >= 0.3 is 0 Å². The zero-order valence-electron chi connectivity index (χ0n) is 9.52. The maximum Gasteiger partial charge on any atom is 0.228 e. The quantitative estimate of drug-likeness (QED) is 0.839. The number of halogens is 2. The Morgan fingerprint density at radius 3 is 2.83 bits per heavy atom. The molecule has 1 unspecified atom stereocenters. The summed E-state index contributed by atoms with van der Waals surface area (Å²) in [4.78, 5) is 4.02. The van der Waals surface area contributed by atoms with Gasteiger partial charge in [-0.3, -0.25) is 0 Å². The minimum atomic E-state index is -0.968. The van der Waals surface area contributed by atoms with Gasteiger partial charge in [-0.25, -0.2) is 8.78 Å². The second kappa shape index (κ2) is 4.92. The average molecular weight is 249 g/mol. The SMILES string of the molecule is CC(C#N)Cc1nc(-c2ccc(F)c(F)c2)no1. The molecular weight excluding hydrogens is 240 g/mol. The van der Waals surface area contributed by atoms with Gasteiger partial charge in [0, 0.05) is 12.0 Å². The summed E-state index contributed by atoms with van der Waals surface area (Å²) in [6.45, 7) is 1.72. The van der Waals surface area contributed by atoms with Crippen molar-refractivity contribution in [3.05, 3.63) is 35.7 Å². The first-order chi connectivity index (χ1) is 8.60. The van der Waals surface area contributed by atoms with E-state index in [9.17, 15) is 8.78 Å². The van der Waals surface area contributed by atoms with Crippen LogP contribution in [0.25, 0.3) is 11.4 Å². The van der Waals surface area contributed by atoms with Crippen LogP contribution in [-0.2, 0) is 6.42 Å². The fourth-order valence-corrected chi connectivity index (χ4v) is 1.40. The van der Waals surface area contributed by atoms with Crippen LogP contribution in [0.4, 0.5) is 8.78 Å². The van der Waals surface area contributed by atoms with Gasteiger partial charge in [-0.05, 0) is 25.1 Å². The van der Waals surface area contributed by atoms with Gasteiger partial charge < -0.3 is 4.52 Å². The number of nitrogens with zero attached hydrogens (tertiary/aromatic N) is 3. The molecule has 2 rings (SSSR count). The van der Waals surface area contributed by atoms with Gasteiger partial charge in [0.1, 0.15) is 0 Å². The number of hydrogen-bond donors (Lipinski definition) is 0. The second-order valence-electron chi connectivity index (χ2n) is 3.87. The number of hydrogen-bond acceptors (Lipinski definition) is 4. The van der Waals surface area contributed by atoms with E-state index >= 15 is 0 Å². The Labute approximate surface area is 102 Å². The summed E-state index contributed by atoms with van der Waals surface area (Å²) in [5, 5.41) is 12.3. The molecule has 1 aromatic carbocycles. The predicted octanol–water partition coefficient (Wildman–Crippen LogP) is 2.72. The van der Waals surface area contributed by atoms with Crippen LogP contribution in [-0.4, -0.2) is 10.1 Å². The lowest BCUT2D eigenvalue weighted by molar-refractivity contribution is 0.369. The highest BCUT2D eigenvalue weighted by atomic mass is 19.2. The number of nitriles is 1. The van der Waals surface area contributed by atoms with Crippen molar-refractivity contribution in [1.29, 1.82) is 5.26 Å². The van der Waals surface area contributed by atoms with Crippen LogP contribution < -0.4 is 0 Å². The molecule has 0 spiro atoms. The third-order valence-electron chi connectivity index (χ3n) is 2.35. The molecule has 18 heavy (non-hydrogen) atoms. The van der Waals surface area contributed by atoms with E-state index in [2.05, 4.69) is 10.1 Å². The van der Waals surface area contributed by atoms with Crippen LogP contribution in [0.3, 0.4) is 0 Å². The van der Waals surface area contributed by atoms with Gasteiger partial charge in [0.25, 0.3) is 0 Å². The summed E-state index contributed by atoms with van der Waals surface area (Å²) in [6.07, 6.45) is 0.327. The Morgan fingerprint density at radius 2 is 2.17 bits per heavy atom. The molecule has 1 heterocycles. The first-order valence-electron chi connectivity index (χ1n) is 5.27. The Hall–Kier alpha value is -2.29. The Bertz CT molecular complexity index is 604. The van der Waals surface area contributed by atoms with Crippen LogP contribution in [0, 0.1) is 28.9 Å². The molecule has 0 radical (unpaired) electrons. The monoisotopic (exact) mass is 249 g/mol. The summed E-state index contributed by atoms with van der Waals surface area (Å²) in [5.74, 6) is -1.68. The lowest BCUT2D eigenvalue weighted by atomic mass is 10.1. The maximum atomic E-state index is 13.0.